The number of nitro benzene ring substituents is 1. The lowest BCUT2D eigenvalue weighted by atomic mass is 10.2. The first-order valence-electron chi connectivity index (χ1n) is 9.54. The third-order valence-electron chi connectivity index (χ3n) is 5.15. The summed E-state index contributed by atoms with van der Waals surface area (Å²) in [6.45, 7) is 3.80. The standard InChI is InChI=1S/C21H20ClN5O3/c1-15-13-18(23-26(15)17-5-3-2-4-6-17)21(28)25-11-9-24(10-12-25)19-8-7-16(22)14-20(19)27(29)30/h2-8,13-14H,9-12H2,1H3. The fourth-order valence-corrected chi connectivity index (χ4v) is 3.80. The number of aromatic nitrogens is 2. The summed E-state index contributed by atoms with van der Waals surface area (Å²) in [5.74, 6) is -0.141. The Balaban J connectivity index is 1.48. The van der Waals surface area contributed by atoms with Gasteiger partial charge in [0.15, 0.2) is 5.69 Å². The molecule has 3 aromatic rings. The number of benzene rings is 2. The topological polar surface area (TPSA) is 84.5 Å². The van der Waals surface area contributed by atoms with E-state index >= 15 is 0 Å². The van der Waals surface area contributed by atoms with Crippen molar-refractivity contribution < 1.29 is 9.72 Å². The number of para-hydroxylation sites is 1. The molecule has 1 aliphatic rings. The summed E-state index contributed by atoms with van der Waals surface area (Å²) >= 11 is 5.91. The fourth-order valence-electron chi connectivity index (χ4n) is 3.63. The normalized spacial score (nSPS) is 14.1. The number of nitro groups is 1. The van der Waals surface area contributed by atoms with E-state index in [1.54, 1.807) is 27.8 Å². The zero-order valence-electron chi connectivity index (χ0n) is 16.4. The first-order valence-corrected chi connectivity index (χ1v) is 9.92. The van der Waals surface area contributed by atoms with Gasteiger partial charge in [0, 0.05) is 43.0 Å². The SMILES string of the molecule is Cc1cc(C(=O)N2CCN(c3ccc(Cl)cc3[N+](=O)[O-])CC2)nn1-c1ccccc1. The number of halogens is 1. The number of carbonyl (C=O) groups is 1. The summed E-state index contributed by atoms with van der Waals surface area (Å²) in [7, 11) is 0. The van der Waals surface area contributed by atoms with Gasteiger partial charge < -0.3 is 9.80 Å². The van der Waals surface area contributed by atoms with E-state index in [-0.39, 0.29) is 11.6 Å². The van der Waals surface area contributed by atoms with Crippen LogP contribution in [0.1, 0.15) is 16.2 Å². The van der Waals surface area contributed by atoms with Gasteiger partial charge in [-0.05, 0) is 37.3 Å². The van der Waals surface area contributed by atoms with Gasteiger partial charge in [-0.15, -0.1) is 0 Å². The lowest BCUT2D eigenvalue weighted by molar-refractivity contribution is -0.384. The molecule has 2 aromatic carbocycles. The Bertz CT molecular complexity index is 1090. The number of rotatable bonds is 4. The van der Waals surface area contributed by atoms with Gasteiger partial charge in [0.2, 0.25) is 0 Å². The van der Waals surface area contributed by atoms with Gasteiger partial charge in [-0.2, -0.15) is 5.10 Å². The maximum Gasteiger partial charge on any atom is 0.294 e. The molecule has 0 radical (unpaired) electrons. The van der Waals surface area contributed by atoms with E-state index in [0.717, 1.165) is 11.4 Å². The lowest BCUT2D eigenvalue weighted by Crippen LogP contribution is -2.49. The van der Waals surface area contributed by atoms with Crippen LogP contribution in [0, 0.1) is 17.0 Å². The maximum atomic E-state index is 13.0. The average Bonchev–Trinajstić information content (AvgIpc) is 3.15. The van der Waals surface area contributed by atoms with Crippen molar-refractivity contribution in [1.82, 2.24) is 14.7 Å². The molecule has 1 aliphatic heterocycles. The minimum Gasteiger partial charge on any atom is -0.362 e. The molecule has 1 fully saturated rings. The van der Waals surface area contributed by atoms with E-state index in [1.165, 1.54) is 6.07 Å². The lowest BCUT2D eigenvalue weighted by Gasteiger charge is -2.35. The molecule has 0 unspecified atom stereocenters. The highest BCUT2D eigenvalue weighted by Crippen LogP contribution is 2.31. The number of nitrogens with zero attached hydrogens (tertiary/aromatic N) is 5. The molecule has 0 aliphatic carbocycles. The molecular weight excluding hydrogens is 406 g/mol. The average molecular weight is 426 g/mol. The van der Waals surface area contributed by atoms with Gasteiger partial charge in [-0.1, -0.05) is 29.8 Å². The second-order valence-electron chi connectivity index (χ2n) is 7.09. The summed E-state index contributed by atoms with van der Waals surface area (Å²) in [6.07, 6.45) is 0. The second kappa shape index (κ2) is 8.16. The molecule has 1 aromatic heterocycles. The van der Waals surface area contributed by atoms with Crippen molar-refractivity contribution in [2.45, 2.75) is 6.92 Å². The zero-order valence-corrected chi connectivity index (χ0v) is 17.1. The highest BCUT2D eigenvalue weighted by molar-refractivity contribution is 6.30. The van der Waals surface area contributed by atoms with Crippen molar-refractivity contribution in [1.29, 1.82) is 0 Å². The summed E-state index contributed by atoms with van der Waals surface area (Å²) in [5, 5.41) is 16.2. The summed E-state index contributed by atoms with van der Waals surface area (Å²) < 4.78 is 1.75. The molecule has 1 saturated heterocycles. The van der Waals surface area contributed by atoms with Crippen LogP contribution in [0.15, 0.2) is 54.6 Å². The van der Waals surface area contributed by atoms with E-state index in [9.17, 15) is 14.9 Å². The third-order valence-corrected chi connectivity index (χ3v) is 5.38. The molecule has 30 heavy (non-hydrogen) atoms. The number of aryl methyl sites for hydroxylation is 1. The minimum absolute atomic E-state index is 0.0282. The Morgan fingerprint density at radius 2 is 1.77 bits per heavy atom. The van der Waals surface area contributed by atoms with Crippen LogP contribution in [0.3, 0.4) is 0 Å². The summed E-state index contributed by atoms with van der Waals surface area (Å²) in [4.78, 5) is 27.5. The van der Waals surface area contributed by atoms with Gasteiger partial charge in [-0.25, -0.2) is 4.68 Å². The monoisotopic (exact) mass is 425 g/mol. The fraction of sp³-hybridized carbons (Fsp3) is 0.238. The van der Waals surface area contributed by atoms with Gasteiger partial charge in [0.05, 0.1) is 10.6 Å². The van der Waals surface area contributed by atoms with Crippen LogP contribution in [-0.2, 0) is 0 Å². The van der Waals surface area contributed by atoms with Gasteiger partial charge in [-0.3, -0.25) is 14.9 Å². The highest BCUT2D eigenvalue weighted by atomic mass is 35.5. The second-order valence-corrected chi connectivity index (χ2v) is 7.52. The minimum atomic E-state index is -0.433. The quantitative estimate of drug-likeness (QED) is 0.470. The number of anilines is 1. The van der Waals surface area contributed by atoms with Crippen molar-refractivity contribution >= 4 is 28.9 Å². The maximum absolute atomic E-state index is 13.0. The van der Waals surface area contributed by atoms with E-state index in [4.69, 9.17) is 11.6 Å². The molecule has 154 valence electrons. The number of hydrogen-bond donors (Lipinski definition) is 0. The third kappa shape index (κ3) is 3.86. The molecule has 2 heterocycles. The zero-order chi connectivity index (χ0) is 21.3. The Kier molecular flexibility index (Phi) is 5.41. The van der Waals surface area contributed by atoms with Crippen molar-refractivity contribution in [3.8, 4) is 5.69 Å². The first-order chi connectivity index (χ1) is 14.4. The van der Waals surface area contributed by atoms with Crippen LogP contribution in [-0.4, -0.2) is 51.7 Å². The van der Waals surface area contributed by atoms with E-state index < -0.39 is 4.92 Å². The van der Waals surface area contributed by atoms with E-state index in [0.29, 0.717) is 42.6 Å². The van der Waals surface area contributed by atoms with Gasteiger partial charge >= 0.3 is 0 Å². The van der Waals surface area contributed by atoms with E-state index in [1.807, 2.05) is 42.2 Å². The summed E-state index contributed by atoms with van der Waals surface area (Å²) in [6, 6.07) is 16.1. The van der Waals surface area contributed by atoms with Crippen LogP contribution in [0.25, 0.3) is 5.69 Å². The molecule has 0 N–H and O–H groups in total. The first kappa shape index (κ1) is 19.9. The Morgan fingerprint density at radius 3 is 2.43 bits per heavy atom. The molecular formula is C21H20ClN5O3. The Hall–Kier alpha value is -3.39. The van der Waals surface area contributed by atoms with Crippen molar-refractivity contribution in [2.24, 2.45) is 0 Å². The molecule has 1 amide bonds. The Morgan fingerprint density at radius 1 is 1.07 bits per heavy atom. The van der Waals surface area contributed by atoms with Crippen LogP contribution in [0.5, 0.6) is 0 Å². The van der Waals surface area contributed by atoms with Crippen LogP contribution < -0.4 is 4.90 Å². The van der Waals surface area contributed by atoms with E-state index in [2.05, 4.69) is 5.10 Å². The summed E-state index contributed by atoms with van der Waals surface area (Å²) in [5.41, 5.74) is 2.65. The molecule has 4 rings (SSSR count). The van der Waals surface area contributed by atoms with Crippen molar-refractivity contribution in [3.05, 3.63) is 81.1 Å². The molecule has 9 heteroatoms. The molecule has 0 spiro atoms. The molecule has 0 saturated carbocycles. The Labute approximate surface area is 178 Å². The number of piperazine rings is 1. The van der Waals surface area contributed by atoms with Crippen LogP contribution in [0.4, 0.5) is 11.4 Å². The molecule has 8 nitrogen and oxygen atoms in total. The van der Waals surface area contributed by atoms with Gasteiger partial charge in [0.1, 0.15) is 5.69 Å². The van der Waals surface area contributed by atoms with Gasteiger partial charge in [0.25, 0.3) is 11.6 Å². The number of hydrogen-bond acceptors (Lipinski definition) is 5. The van der Waals surface area contributed by atoms with Crippen molar-refractivity contribution in [3.63, 3.8) is 0 Å². The number of amides is 1. The van der Waals surface area contributed by atoms with Crippen molar-refractivity contribution in [2.75, 3.05) is 31.1 Å². The predicted molar refractivity (Wildman–Crippen MR) is 115 cm³/mol. The molecule has 0 bridgehead atoms. The predicted octanol–water partition coefficient (Wildman–Crippen LogP) is 3.70. The highest BCUT2D eigenvalue weighted by Gasteiger charge is 2.27. The van der Waals surface area contributed by atoms with Crippen LogP contribution >= 0.6 is 11.6 Å². The smallest absolute Gasteiger partial charge is 0.294 e. The number of carbonyl (C=O) groups excluding carboxylic acids is 1. The largest absolute Gasteiger partial charge is 0.362 e. The van der Waals surface area contributed by atoms with Crippen LogP contribution in [0.2, 0.25) is 5.02 Å². The molecule has 0 atom stereocenters.